The smallest absolute Gasteiger partial charge is 0.229 e. The number of amides is 1. The van der Waals surface area contributed by atoms with Gasteiger partial charge in [0.25, 0.3) is 0 Å². The molecule has 2 aromatic rings. The fourth-order valence-corrected chi connectivity index (χ4v) is 2.35. The highest BCUT2D eigenvalue weighted by molar-refractivity contribution is 6.30. The van der Waals surface area contributed by atoms with Crippen LogP contribution in [0.1, 0.15) is 30.0 Å². The van der Waals surface area contributed by atoms with E-state index in [9.17, 15) is 4.79 Å². The summed E-state index contributed by atoms with van der Waals surface area (Å²) in [6.07, 6.45) is 0. The van der Waals surface area contributed by atoms with E-state index in [1.54, 1.807) is 0 Å². The molecule has 1 amide bonds. The van der Waals surface area contributed by atoms with Gasteiger partial charge < -0.3 is 11.1 Å². The van der Waals surface area contributed by atoms with Crippen LogP contribution in [0.5, 0.6) is 0 Å². The molecular formula is C17H19ClN2O. The average molecular weight is 303 g/mol. The summed E-state index contributed by atoms with van der Waals surface area (Å²) in [5.74, 6) is -0.396. The van der Waals surface area contributed by atoms with E-state index >= 15 is 0 Å². The first-order chi connectivity index (χ1) is 10.1. The molecule has 0 aliphatic carbocycles. The Morgan fingerprint density at radius 2 is 1.71 bits per heavy atom. The number of nitrogens with one attached hydrogen (secondary N) is 1. The molecule has 2 aromatic carbocycles. The maximum atomic E-state index is 12.4. The average Bonchev–Trinajstić information content (AvgIpc) is 2.49. The van der Waals surface area contributed by atoms with Crippen LogP contribution in [-0.2, 0) is 4.79 Å². The Hall–Kier alpha value is -1.84. The van der Waals surface area contributed by atoms with Crippen molar-refractivity contribution in [3.63, 3.8) is 0 Å². The SMILES string of the molecule is CC(NC(=O)C(CN)c1ccccc1)c1ccc(Cl)cc1. The second-order valence-electron chi connectivity index (χ2n) is 4.98. The van der Waals surface area contributed by atoms with Gasteiger partial charge in [-0.3, -0.25) is 4.79 Å². The Morgan fingerprint density at radius 1 is 1.10 bits per heavy atom. The molecule has 3 nitrogen and oxygen atoms in total. The third-order valence-corrected chi connectivity index (χ3v) is 3.73. The normalized spacial score (nSPS) is 13.5. The molecule has 2 rings (SSSR count). The maximum absolute atomic E-state index is 12.4. The van der Waals surface area contributed by atoms with Crippen LogP contribution >= 0.6 is 11.6 Å². The minimum Gasteiger partial charge on any atom is -0.349 e. The van der Waals surface area contributed by atoms with E-state index in [1.165, 1.54) is 0 Å². The molecule has 0 aliphatic rings. The van der Waals surface area contributed by atoms with Crippen molar-refractivity contribution in [1.29, 1.82) is 0 Å². The molecule has 0 saturated heterocycles. The Bertz CT molecular complexity index is 583. The van der Waals surface area contributed by atoms with Crippen molar-refractivity contribution in [1.82, 2.24) is 5.32 Å². The molecule has 3 N–H and O–H groups in total. The summed E-state index contributed by atoms with van der Waals surface area (Å²) in [6.45, 7) is 2.23. The van der Waals surface area contributed by atoms with E-state index < -0.39 is 0 Å². The number of hydrogen-bond donors (Lipinski definition) is 2. The molecule has 0 spiro atoms. The molecule has 2 unspecified atom stereocenters. The highest BCUT2D eigenvalue weighted by Gasteiger charge is 2.20. The highest BCUT2D eigenvalue weighted by atomic mass is 35.5. The van der Waals surface area contributed by atoms with Gasteiger partial charge in [-0.1, -0.05) is 54.1 Å². The second kappa shape index (κ2) is 7.25. The summed E-state index contributed by atoms with van der Waals surface area (Å²) >= 11 is 5.87. The Kier molecular flexibility index (Phi) is 5.37. The quantitative estimate of drug-likeness (QED) is 0.890. The number of hydrogen-bond acceptors (Lipinski definition) is 2. The van der Waals surface area contributed by atoms with Gasteiger partial charge in [0.2, 0.25) is 5.91 Å². The van der Waals surface area contributed by atoms with Crippen LogP contribution < -0.4 is 11.1 Å². The van der Waals surface area contributed by atoms with Gasteiger partial charge in [0.1, 0.15) is 0 Å². The van der Waals surface area contributed by atoms with Gasteiger partial charge in [-0.05, 0) is 30.2 Å². The molecule has 0 fully saturated rings. The zero-order chi connectivity index (χ0) is 15.2. The lowest BCUT2D eigenvalue weighted by atomic mass is 9.97. The Morgan fingerprint density at radius 3 is 2.29 bits per heavy atom. The van der Waals surface area contributed by atoms with Crippen molar-refractivity contribution < 1.29 is 4.79 Å². The van der Waals surface area contributed by atoms with Crippen LogP contribution in [-0.4, -0.2) is 12.5 Å². The second-order valence-corrected chi connectivity index (χ2v) is 5.42. The van der Waals surface area contributed by atoms with E-state index in [0.29, 0.717) is 5.02 Å². The molecule has 4 heteroatoms. The third kappa shape index (κ3) is 4.06. The molecule has 0 bridgehead atoms. The van der Waals surface area contributed by atoms with Crippen molar-refractivity contribution >= 4 is 17.5 Å². The monoisotopic (exact) mass is 302 g/mol. The molecule has 2 atom stereocenters. The van der Waals surface area contributed by atoms with Crippen molar-refractivity contribution in [2.75, 3.05) is 6.54 Å². The van der Waals surface area contributed by atoms with Crippen LogP contribution in [0.25, 0.3) is 0 Å². The first kappa shape index (κ1) is 15.5. The lowest BCUT2D eigenvalue weighted by molar-refractivity contribution is -0.123. The number of benzene rings is 2. The molecule has 0 aliphatic heterocycles. The van der Waals surface area contributed by atoms with Crippen molar-refractivity contribution in [3.05, 3.63) is 70.7 Å². The summed E-state index contributed by atoms with van der Waals surface area (Å²) in [5.41, 5.74) is 7.70. The van der Waals surface area contributed by atoms with Crippen LogP contribution in [0.15, 0.2) is 54.6 Å². The van der Waals surface area contributed by atoms with Gasteiger partial charge >= 0.3 is 0 Å². The van der Waals surface area contributed by atoms with Crippen LogP contribution in [0.2, 0.25) is 5.02 Å². The minimum atomic E-state index is -0.332. The molecule has 110 valence electrons. The summed E-state index contributed by atoms with van der Waals surface area (Å²) in [7, 11) is 0. The van der Waals surface area contributed by atoms with E-state index in [4.69, 9.17) is 17.3 Å². The minimum absolute atomic E-state index is 0.0637. The fraction of sp³-hybridized carbons (Fsp3) is 0.235. The number of carbonyl (C=O) groups excluding carboxylic acids is 1. The van der Waals surface area contributed by atoms with Crippen LogP contribution in [0, 0.1) is 0 Å². The van der Waals surface area contributed by atoms with Crippen molar-refractivity contribution in [3.8, 4) is 0 Å². The maximum Gasteiger partial charge on any atom is 0.229 e. The van der Waals surface area contributed by atoms with E-state index in [2.05, 4.69) is 5.32 Å². The molecule has 0 aromatic heterocycles. The summed E-state index contributed by atoms with van der Waals surface area (Å²) in [6, 6.07) is 16.9. The predicted molar refractivity (Wildman–Crippen MR) is 86.2 cm³/mol. The highest BCUT2D eigenvalue weighted by Crippen LogP contribution is 2.19. The van der Waals surface area contributed by atoms with E-state index in [0.717, 1.165) is 11.1 Å². The molecule has 0 saturated carbocycles. The summed E-state index contributed by atoms with van der Waals surface area (Å²) < 4.78 is 0. The van der Waals surface area contributed by atoms with E-state index in [1.807, 2.05) is 61.5 Å². The van der Waals surface area contributed by atoms with E-state index in [-0.39, 0.29) is 24.4 Å². The number of rotatable bonds is 5. The lowest BCUT2D eigenvalue weighted by Gasteiger charge is -2.20. The zero-order valence-corrected chi connectivity index (χ0v) is 12.7. The first-order valence-electron chi connectivity index (χ1n) is 6.92. The third-order valence-electron chi connectivity index (χ3n) is 3.48. The van der Waals surface area contributed by atoms with Crippen molar-refractivity contribution in [2.45, 2.75) is 18.9 Å². The van der Waals surface area contributed by atoms with Gasteiger partial charge in [-0.25, -0.2) is 0 Å². The summed E-state index contributed by atoms with van der Waals surface area (Å²) in [5, 5.41) is 3.68. The van der Waals surface area contributed by atoms with Crippen LogP contribution in [0.4, 0.5) is 0 Å². The van der Waals surface area contributed by atoms with Gasteiger partial charge in [0.15, 0.2) is 0 Å². The predicted octanol–water partition coefficient (Wildman–Crippen LogP) is 3.26. The molecule has 0 radical (unpaired) electrons. The van der Waals surface area contributed by atoms with Gasteiger partial charge in [0, 0.05) is 11.6 Å². The zero-order valence-electron chi connectivity index (χ0n) is 11.9. The van der Waals surface area contributed by atoms with Gasteiger partial charge in [-0.2, -0.15) is 0 Å². The van der Waals surface area contributed by atoms with Gasteiger partial charge in [0.05, 0.1) is 12.0 Å². The summed E-state index contributed by atoms with van der Waals surface area (Å²) in [4.78, 5) is 12.4. The number of halogens is 1. The largest absolute Gasteiger partial charge is 0.349 e. The van der Waals surface area contributed by atoms with Crippen LogP contribution in [0.3, 0.4) is 0 Å². The van der Waals surface area contributed by atoms with Crippen molar-refractivity contribution in [2.24, 2.45) is 5.73 Å². The topological polar surface area (TPSA) is 55.1 Å². The molecule has 0 heterocycles. The Labute approximate surface area is 130 Å². The lowest BCUT2D eigenvalue weighted by Crippen LogP contribution is -2.35. The number of carbonyl (C=O) groups is 1. The Balaban J connectivity index is 2.07. The molecule has 21 heavy (non-hydrogen) atoms. The van der Waals surface area contributed by atoms with Gasteiger partial charge in [-0.15, -0.1) is 0 Å². The molecular weight excluding hydrogens is 284 g/mol. The number of nitrogens with two attached hydrogens (primary N) is 1. The first-order valence-corrected chi connectivity index (χ1v) is 7.30. The standard InChI is InChI=1S/C17H19ClN2O/c1-12(13-7-9-15(18)10-8-13)20-17(21)16(11-19)14-5-3-2-4-6-14/h2-10,12,16H,11,19H2,1H3,(H,20,21). The fourth-order valence-electron chi connectivity index (χ4n) is 2.23.